The van der Waals surface area contributed by atoms with Gasteiger partial charge in [0.15, 0.2) is 0 Å². The highest BCUT2D eigenvalue weighted by Gasteiger charge is 2.26. The molecule has 0 amide bonds. The fourth-order valence-corrected chi connectivity index (χ4v) is 4.11. The number of aromatic hydroxyl groups is 1. The van der Waals surface area contributed by atoms with E-state index in [0.717, 1.165) is 32.9 Å². The Balaban J connectivity index is 2.07. The third-order valence-electron chi connectivity index (χ3n) is 5.48. The minimum Gasteiger partial charge on any atom is -0.507 e. The number of ether oxygens (including phenoxy) is 2. The van der Waals surface area contributed by atoms with E-state index in [4.69, 9.17) is 9.47 Å². The lowest BCUT2D eigenvalue weighted by Crippen LogP contribution is -2.07. The quantitative estimate of drug-likeness (QED) is 0.461. The predicted molar refractivity (Wildman–Crippen MR) is 115 cm³/mol. The number of hydrogen-bond donors (Lipinski definition) is 1. The van der Waals surface area contributed by atoms with E-state index >= 15 is 0 Å². The summed E-state index contributed by atoms with van der Waals surface area (Å²) in [4.78, 5) is 12.3. The Morgan fingerprint density at radius 1 is 0.862 bits per heavy atom. The minimum absolute atomic E-state index is 0.0574. The smallest absolute Gasteiger partial charge is 0.341 e. The van der Waals surface area contributed by atoms with Gasteiger partial charge in [0.2, 0.25) is 0 Å². The first kappa shape index (κ1) is 18.8. The topological polar surface area (TPSA) is 55.8 Å². The van der Waals surface area contributed by atoms with Gasteiger partial charge in [0.05, 0.1) is 14.2 Å². The van der Waals surface area contributed by atoms with Gasteiger partial charge >= 0.3 is 5.97 Å². The third kappa shape index (κ3) is 3.07. The highest BCUT2D eigenvalue weighted by Crippen LogP contribution is 2.44. The van der Waals surface area contributed by atoms with Crippen LogP contribution in [0.2, 0.25) is 0 Å². The minimum atomic E-state index is -0.563. The van der Waals surface area contributed by atoms with Crippen LogP contribution in [0, 0.1) is 0 Å². The SMILES string of the molecule is COC(=O)c1cc2ccccc2c(C(C)c2c(OC)ccc3ccccc23)c1O. The van der Waals surface area contributed by atoms with Crippen molar-refractivity contribution in [1.82, 2.24) is 0 Å². The molecular weight excluding hydrogens is 364 g/mol. The molecule has 4 nitrogen and oxygen atoms in total. The number of phenols is 1. The molecule has 1 atom stereocenters. The number of carbonyl (C=O) groups is 1. The second-order valence-electron chi connectivity index (χ2n) is 7.02. The lowest BCUT2D eigenvalue weighted by atomic mass is 9.84. The molecule has 0 radical (unpaired) electrons. The van der Waals surface area contributed by atoms with E-state index in [9.17, 15) is 9.90 Å². The maximum atomic E-state index is 12.3. The first-order chi connectivity index (χ1) is 14.1. The van der Waals surface area contributed by atoms with E-state index in [1.165, 1.54) is 7.11 Å². The Hall–Kier alpha value is -3.53. The van der Waals surface area contributed by atoms with Crippen LogP contribution in [0.5, 0.6) is 11.5 Å². The molecule has 4 aromatic carbocycles. The second-order valence-corrected chi connectivity index (χ2v) is 7.02. The van der Waals surface area contributed by atoms with Gasteiger partial charge < -0.3 is 14.6 Å². The molecule has 4 heteroatoms. The second kappa shape index (κ2) is 7.47. The van der Waals surface area contributed by atoms with Crippen LogP contribution < -0.4 is 4.74 Å². The number of benzene rings is 4. The van der Waals surface area contributed by atoms with Crippen LogP contribution >= 0.6 is 0 Å². The van der Waals surface area contributed by atoms with Gasteiger partial charge in [-0.3, -0.25) is 0 Å². The van der Waals surface area contributed by atoms with Crippen molar-refractivity contribution in [3.05, 3.63) is 83.4 Å². The summed E-state index contributed by atoms with van der Waals surface area (Å²) in [5, 5.41) is 15.0. The van der Waals surface area contributed by atoms with Crippen molar-refractivity contribution in [3.8, 4) is 11.5 Å². The van der Waals surface area contributed by atoms with E-state index < -0.39 is 5.97 Å². The Morgan fingerprint density at radius 2 is 1.48 bits per heavy atom. The van der Waals surface area contributed by atoms with Crippen LogP contribution in [0.25, 0.3) is 21.5 Å². The third-order valence-corrected chi connectivity index (χ3v) is 5.48. The molecule has 4 rings (SSSR count). The Kier molecular flexibility index (Phi) is 4.85. The van der Waals surface area contributed by atoms with E-state index in [1.807, 2.05) is 67.6 Å². The van der Waals surface area contributed by atoms with Crippen LogP contribution in [0.4, 0.5) is 0 Å². The van der Waals surface area contributed by atoms with Gasteiger partial charge in [0.1, 0.15) is 17.1 Å². The van der Waals surface area contributed by atoms with Crippen molar-refractivity contribution in [2.24, 2.45) is 0 Å². The molecule has 0 saturated heterocycles. The van der Waals surface area contributed by atoms with Gasteiger partial charge in [-0.05, 0) is 33.7 Å². The average molecular weight is 386 g/mol. The monoisotopic (exact) mass is 386 g/mol. The van der Waals surface area contributed by atoms with E-state index in [-0.39, 0.29) is 17.2 Å². The zero-order valence-corrected chi connectivity index (χ0v) is 16.6. The van der Waals surface area contributed by atoms with E-state index in [0.29, 0.717) is 5.56 Å². The number of phenolic OH excluding ortho intramolecular Hbond substituents is 1. The first-order valence-corrected chi connectivity index (χ1v) is 9.45. The highest BCUT2D eigenvalue weighted by molar-refractivity contribution is 6.01. The van der Waals surface area contributed by atoms with Crippen LogP contribution in [-0.4, -0.2) is 25.3 Å². The van der Waals surface area contributed by atoms with Crippen LogP contribution in [0.3, 0.4) is 0 Å². The molecule has 0 aromatic heterocycles. The summed E-state index contributed by atoms with van der Waals surface area (Å²) in [5.41, 5.74) is 1.80. The fraction of sp³-hybridized carbons (Fsp3) is 0.160. The molecular formula is C25H22O4. The molecule has 146 valence electrons. The lowest BCUT2D eigenvalue weighted by molar-refractivity contribution is 0.0597. The van der Waals surface area contributed by atoms with E-state index in [2.05, 4.69) is 0 Å². The zero-order chi connectivity index (χ0) is 20.5. The van der Waals surface area contributed by atoms with Crippen molar-refractivity contribution in [1.29, 1.82) is 0 Å². The number of carbonyl (C=O) groups excluding carboxylic acids is 1. The molecule has 0 aliphatic carbocycles. The summed E-state index contributed by atoms with van der Waals surface area (Å²) in [5.74, 6) is -0.113. The van der Waals surface area contributed by atoms with Crippen molar-refractivity contribution >= 4 is 27.5 Å². The van der Waals surface area contributed by atoms with Crippen LogP contribution in [-0.2, 0) is 4.74 Å². The summed E-state index contributed by atoms with van der Waals surface area (Å²) < 4.78 is 10.6. The van der Waals surface area contributed by atoms with Crippen LogP contribution in [0.1, 0.15) is 34.3 Å². The number of fused-ring (bicyclic) bond motifs is 2. The highest BCUT2D eigenvalue weighted by atomic mass is 16.5. The van der Waals surface area contributed by atoms with Gasteiger partial charge in [0.25, 0.3) is 0 Å². The lowest BCUT2D eigenvalue weighted by Gasteiger charge is -2.22. The Morgan fingerprint density at radius 3 is 2.14 bits per heavy atom. The van der Waals surface area contributed by atoms with Crippen LogP contribution in [0.15, 0.2) is 66.7 Å². The number of esters is 1. The Bertz CT molecular complexity index is 1230. The normalized spacial score (nSPS) is 12.1. The largest absolute Gasteiger partial charge is 0.507 e. The molecule has 0 aliphatic rings. The average Bonchev–Trinajstić information content (AvgIpc) is 2.76. The number of rotatable bonds is 4. The van der Waals surface area contributed by atoms with Gasteiger partial charge in [-0.15, -0.1) is 0 Å². The molecule has 0 spiro atoms. The summed E-state index contributed by atoms with van der Waals surface area (Å²) in [6.45, 7) is 2.02. The zero-order valence-electron chi connectivity index (χ0n) is 16.6. The number of methoxy groups -OCH3 is 2. The predicted octanol–water partition coefficient (Wildman–Crippen LogP) is 5.65. The Labute approximate surface area is 169 Å². The molecule has 0 fully saturated rings. The van der Waals surface area contributed by atoms with Gasteiger partial charge in [-0.1, -0.05) is 61.5 Å². The van der Waals surface area contributed by atoms with Gasteiger partial charge in [0, 0.05) is 17.0 Å². The summed E-state index contributed by atoms with van der Waals surface area (Å²) in [6.07, 6.45) is 0. The molecule has 0 aliphatic heterocycles. The summed E-state index contributed by atoms with van der Waals surface area (Å²) in [6, 6.07) is 21.4. The maximum Gasteiger partial charge on any atom is 0.341 e. The molecule has 0 bridgehead atoms. The molecule has 4 aromatic rings. The molecule has 1 N–H and O–H groups in total. The molecule has 29 heavy (non-hydrogen) atoms. The van der Waals surface area contributed by atoms with Crippen molar-refractivity contribution < 1.29 is 19.4 Å². The summed E-state index contributed by atoms with van der Waals surface area (Å²) in [7, 11) is 2.96. The summed E-state index contributed by atoms with van der Waals surface area (Å²) >= 11 is 0. The first-order valence-electron chi connectivity index (χ1n) is 9.45. The fourth-order valence-electron chi connectivity index (χ4n) is 4.11. The maximum absolute atomic E-state index is 12.3. The molecule has 0 heterocycles. The van der Waals surface area contributed by atoms with Crippen molar-refractivity contribution in [2.75, 3.05) is 14.2 Å². The number of hydrogen-bond acceptors (Lipinski definition) is 4. The van der Waals surface area contributed by atoms with Gasteiger partial charge in [-0.2, -0.15) is 0 Å². The standard InChI is InChI=1S/C25H22O4/c1-15(22-18-10-6-4-8-16(18)12-13-21(22)28-2)23-19-11-7-5-9-17(19)14-20(24(23)26)25(27)29-3/h4-15,26H,1-3H3. The molecule has 0 saturated carbocycles. The van der Waals surface area contributed by atoms with Crippen molar-refractivity contribution in [2.45, 2.75) is 12.8 Å². The van der Waals surface area contributed by atoms with Crippen molar-refractivity contribution in [3.63, 3.8) is 0 Å². The van der Waals surface area contributed by atoms with Gasteiger partial charge in [-0.25, -0.2) is 4.79 Å². The van der Waals surface area contributed by atoms with E-state index in [1.54, 1.807) is 13.2 Å². The molecule has 1 unspecified atom stereocenters.